The molecule has 0 aliphatic carbocycles. The van der Waals surface area contributed by atoms with Crippen LogP contribution < -0.4 is 5.73 Å². The Bertz CT molecular complexity index is 517. The molecule has 2 rings (SSSR count). The maximum absolute atomic E-state index is 13.1. The Labute approximate surface area is 119 Å². The summed E-state index contributed by atoms with van der Waals surface area (Å²) in [4.78, 5) is 2.50. The van der Waals surface area contributed by atoms with Gasteiger partial charge in [-0.1, -0.05) is 33.8 Å². The quantitative estimate of drug-likeness (QED) is 0.825. The lowest BCUT2D eigenvalue weighted by Gasteiger charge is -2.06. The van der Waals surface area contributed by atoms with Crippen LogP contribution in [-0.2, 0) is 6.54 Å². The maximum Gasteiger partial charge on any atom is 0.123 e. The Morgan fingerprint density at radius 3 is 2.37 bits per heavy atom. The summed E-state index contributed by atoms with van der Waals surface area (Å²) >= 11 is 1.75. The number of hydrogen-bond donors (Lipinski definition) is 1. The monoisotopic (exact) mass is 279 g/mol. The predicted molar refractivity (Wildman–Crippen MR) is 83.0 cm³/mol. The van der Waals surface area contributed by atoms with Gasteiger partial charge in [0, 0.05) is 16.3 Å². The van der Waals surface area contributed by atoms with E-state index in [0.29, 0.717) is 12.5 Å². The number of thiophene rings is 1. The first-order valence-electron chi connectivity index (χ1n) is 6.70. The van der Waals surface area contributed by atoms with Crippen LogP contribution in [0, 0.1) is 5.82 Å². The summed E-state index contributed by atoms with van der Waals surface area (Å²) in [5.74, 6) is 0.297. The molecular weight excluding hydrogens is 257 g/mol. The van der Waals surface area contributed by atoms with Gasteiger partial charge in [-0.25, -0.2) is 4.39 Å². The summed E-state index contributed by atoms with van der Waals surface area (Å²) in [7, 11) is 0. The summed E-state index contributed by atoms with van der Waals surface area (Å²) in [5, 5.41) is 0. The molecule has 0 amide bonds. The molecule has 0 spiro atoms. The summed E-state index contributed by atoms with van der Waals surface area (Å²) in [6.07, 6.45) is 0. The molecule has 19 heavy (non-hydrogen) atoms. The van der Waals surface area contributed by atoms with E-state index in [4.69, 9.17) is 5.73 Å². The maximum atomic E-state index is 13.1. The van der Waals surface area contributed by atoms with Gasteiger partial charge in [0.15, 0.2) is 0 Å². The molecule has 1 aromatic carbocycles. The van der Waals surface area contributed by atoms with E-state index in [9.17, 15) is 4.39 Å². The minimum atomic E-state index is -0.227. The second kappa shape index (κ2) is 7.41. The molecule has 0 atom stereocenters. The van der Waals surface area contributed by atoms with E-state index in [0.717, 1.165) is 16.0 Å². The van der Waals surface area contributed by atoms with Crippen LogP contribution in [0.2, 0.25) is 0 Å². The number of rotatable bonds is 3. The van der Waals surface area contributed by atoms with Crippen molar-refractivity contribution in [2.75, 3.05) is 0 Å². The van der Waals surface area contributed by atoms with Gasteiger partial charge in [-0.15, -0.1) is 11.3 Å². The smallest absolute Gasteiger partial charge is 0.123 e. The van der Waals surface area contributed by atoms with Gasteiger partial charge in [0.05, 0.1) is 0 Å². The molecule has 2 aromatic rings. The van der Waals surface area contributed by atoms with Crippen molar-refractivity contribution < 1.29 is 4.39 Å². The van der Waals surface area contributed by atoms with Gasteiger partial charge < -0.3 is 5.73 Å². The van der Waals surface area contributed by atoms with Crippen molar-refractivity contribution in [2.45, 2.75) is 40.2 Å². The van der Waals surface area contributed by atoms with Gasteiger partial charge in [0.1, 0.15) is 5.82 Å². The Morgan fingerprint density at radius 1 is 1.16 bits per heavy atom. The van der Waals surface area contributed by atoms with E-state index < -0.39 is 0 Å². The van der Waals surface area contributed by atoms with Crippen molar-refractivity contribution in [3.05, 3.63) is 46.6 Å². The fraction of sp³-hybridized carbons (Fsp3) is 0.375. The standard InChI is InChI=1S/C14H16FNS.C2H6/c1-9(2)13-5-6-14(17-13)12-4-3-11(15)7-10(12)8-16;1-2/h3-7,9H,8,16H2,1-2H3;1-2H3. The molecule has 3 heteroatoms. The van der Waals surface area contributed by atoms with Crippen LogP contribution in [0.1, 0.15) is 44.1 Å². The van der Waals surface area contributed by atoms with E-state index in [1.807, 2.05) is 19.9 Å². The molecule has 1 aromatic heterocycles. The minimum absolute atomic E-state index is 0.227. The third-order valence-corrected chi connectivity index (χ3v) is 4.17. The molecule has 0 radical (unpaired) electrons. The van der Waals surface area contributed by atoms with Crippen LogP contribution in [0.4, 0.5) is 4.39 Å². The van der Waals surface area contributed by atoms with Crippen LogP contribution in [0.5, 0.6) is 0 Å². The normalized spacial score (nSPS) is 10.3. The molecular formula is C16H22FNS. The summed E-state index contributed by atoms with van der Waals surface area (Å²) < 4.78 is 13.1. The van der Waals surface area contributed by atoms with Gasteiger partial charge in [-0.3, -0.25) is 0 Å². The molecule has 0 unspecified atom stereocenters. The first-order chi connectivity index (χ1) is 9.11. The zero-order valence-electron chi connectivity index (χ0n) is 12.0. The number of benzene rings is 1. The molecule has 0 saturated carbocycles. The van der Waals surface area contributed by atoms with E-state index in [1.165, 1.54) is 17.0 Å². The van der Waals surface area contributed by atoms with E-state index in [-0.39, 0.29) is 5.82 Å². The second-order valence-electron chi connectivity index (χ2n) is 4.36. The van der Waals surface area contributed by atoms with Gasteiger partial charge in [-0.2, -0.15) is 0 Å². The van der Waals surface area contributed by atoms with Gasteiger partial charge in [0.25, 0.3) is 0 Å². The third-order valence-electron chi connectivity index (χ3n) is 2.75. The first-order valence-corrected chi connectivity index (χ1v) is 7.52. The van der Waals surface area contributed by atoms with Gasteiger partial charge in [0.2, 0.25) is 0 Å². The number of halogens is 1. The molecule has 1 nitrogen and oxygen atoms in total. The fourth-order valence-corrected chi connectivity index (χ4v) is 2.85. The fourth-order valence-electron chi connectivity index (χ4n) is 1.78. The van der Waals surface area contributed by atoms with Crippen molar-refractivity contribution in [3.63, 3.8) is 0 Å². The van der Waals surface area contributed by atoms with Gasteiger partial charge in [-0.05, 0) is 41.3 Å². The van der Waals surface area contributed by atoms with Crippen molar-refractivity contribution in [2.24, 2.45) is 5.73 Å². The highest BCUT2D eigenvalue weighted by atomic mass is 32.1. The average Bonchev–Trinajstić information content (AvgIpc) is 2.90. The Hall–Kier alpha value is -1.19. The molecule has 0 fully saturated rings. The lowest BCUT2D eigenvalue weighted by atomic mass is 10.1. The highest BCUT2D eigenvalue weighted by Gasteiger charge is 2.09. The molecule has 0 saturated heterocycles. The lowest BCUT2D eigenvalue weighted by Crippen LogP contribution is -1.99. The summed E-state index contributed by atoms with van der Waals surface area (Å²) in [6.45, 7) is 8.70. The Kier molecular flexibility index (Phi) is 6.19. The number of nitrogens with two attached hydrogens (primary N) is 1. The largest absolute Gasteiger partial charge is 0.326 e. The molecule has 0 aliphatic rings. The van der Waals surface area contributed by atoms with E-state index in [2.05, 4.69) is 26.0 Å². The van der Waals surface area contributed by atoms with E-state index in [1.54, 1.807) is 11.3 Å². The lowest BCUT2D eigenvalue weighted by molar-refractivity contribution is 0.626. The first kappa shape index (κ1) is 15.9. The van der Waals surface area contributed by atoms with Crippen LogP contribution in [0.3, 0.4) is 0 Å². The van der Waals surface area contributed by atoms with Gasteiger partial charge >= 0.3 is 0 Å². The van der Waals surface area contributed by atoms with Crippen LogP contribution >= 0.6 is 11.3 Å². The molecule has 0 aliphatic heterocycles. The SMILES string of the molecule is CC.CC(C)c1ccc(-c2ccc(F)cc2CN)s1. The van der Waals surface area contributed by atoms with Crippen LogP contribution in [0.15, 0.2) is 30.3 Å². The van der Waals surface area contributed by atoms with Crippen molar-refractivity contribution in [1.82, 2.24) is 0 Å². The average molecular weight is 279 g/mol. The molecule has 0 bridgehead atoms. The molecule has 1 heterocycles. The number of hydrogen-bond acceptors (Lipinski definition) is 2. The zero-order chi connectivity index (χ0) is 14.4. The van der Waals surface area contributed by atoms with Crippen LogP contribution in [0.25, 0.3) is 10.4 Å². The van der Waals surface area contributed by atoms with E-state index >= 15 is 0 Å². The molecule has 2 N–H and O–H groups in total. The topological polar surface area (TPSA) is 26.0 Å². The van der Waals surface area contributed by atoms with Crippen molar-refractivity contribution in [3.8, 4) is 10.4 Å². The highest BCUT2D eigenvalue weighted by molar-refractivity contribution is 7.15. The Morgan fingerprint density at radius 2 is 1.84 bits per heavy atom. The van der Waals surface area contributed by atoms with Crippen molar-refractivity contribution >= 4 is 11.3 Å². The summed E-state index contributed by atoms with van der Waals surface area (Å²) in [6, 6.07) is 9.04. The highest BCUT2D eigenvalue weighted by Crippen LogP contribution is 2.34. The second-order valence-corrected chi connectivity index (χ2v) is 5.48. The third kappa shape index (κ3) is 3.88. The summed E-state index contributed by atoms with van der Waals surface area (Å²) in [5.41, 5.74) is 7.57. The minimum Gasteiger partial charge on any atom is -0.326 e. The van der Waals surface area contributed by atoms with Crippen LogP contribution in [-0.4, -0.2) is 0 Å². The Balaban J connectivity index is 0.000000861. The predicted octanol–water partition coefficient (Wildman–Crippen LogP) is 5.16. The molecule has 104 valence electrons. The van der Waals surface area contributed by atoms with Crippen molar-refractivity contribution in [1.29, 1.82) is 0 Å². The zero-order valence-corrected chi connectivity index (χ0v) is 12.9.